The molecule has 0 radical (unpaired) electrons. The minimum atomic E-state index is -0.0466. The first-order chi connectivity index (χ1) is 11.2. The number of hydrogen-bond donors (Lipinski definition) is 2. The number of anilines is 1. The van der Waals surface area contributed by atoms with Gasteiger partial charge in [-0.25, -0.2) is 0 Å². The van der Waals surface area contributed by atoms with Crippen LogP contribution in [0.2, 0.25) is 0 Å². The summed E-state index contributed by atoms with van der Waals surface area (Å²) in [6.45, 7) is 0. The number of aromatic amines is 1. The molecule has 0 unspecified atom stereocenters. The molecule has 23 heavy (non-hydrogen) atoms. The highest BCUT2D eigenvalue weighted by molar-refractivity contribution is 5.93. The largest absolute Gasteiger partial charge is 0.326 e. The second kappa shape index (κ2) is 5.39. The summed E-state index contributed by atoms with van der Waals surface area (Å²) in [6.07, 6.45) is 1.86. The number of benzene rings is 2. The first-order valence-electron chi connectivity index (χ1n) is 7.72. The molecular weight excluding hydrogens is 288 g/mol. The van der Waals surface area contributed by atoms with E-state index in [1.54, 1.807) is 0 Å². The van der Waals surface area contributed by atoms with Crippen LogP contribution in [0.1, 0.15) is 23.1 Å². The molecule has 1 amide bonds. The van der Waals surface area contributed by atoms with E-state index in [1.807, 2.05) is 42.5 Å². The number of carbonyl (C=O) groups is 1. The Morgan fingerprint density at radius 1 is 0.957 bits per heavy atom. The number of aromatic nitrogens is 1. The summed E-state index contributed by atoms with van der Waals surface area (Å²) >= 11 is 0. The van der Waals surface area contributed by atoms with E-state index in [0.717, 1.165) is 39.7 Å². The Kier molecular flexibility index (Phi) is 3.23. The third kappa shape index (κ3) is 2.63. The zero-order valence-corrected chi connectivity index (χ0v) is 12.6. The third-order valence-electron chi connectivity index (χ3n) is 4.29. The topological polar surface area (TPSA) is 62.0 Å². The van der Waals surface area contributed by atoms with Gasteiger partial charge in [0.25, 0.3) is 5.56 Å². The quantitative estimate of drug-likeness (QED) is 0.764. The van der Waals surface area contributed by atoms with E-state index in [1.165, 1.54) is 0 Å². The van der Waals surface area contributed by atoms with Crippen LogP contribution in [0.25, 0.3) is 10.9 Å². The Morgan fingerprint density at radius 2 is 1.83 bits per heavy atom. The van der Waals surface area contributed by atoms with Crippen LogP contribution in [0.5, 0.6) is 0 Å². The molecule has 2 heterocycles. The van der Waals surface area contributed by atoms with Crippen molar-refractivity contribution in [3.8, 4) is 0 Å². The first kappa shape index (κ1) is 13.8. The van der Waals surface area contributed by atoms with E-state index < -0.39 is 0 Å². The fourth-order valence-corrected chi connectivity index (χ4v) is 3.09. The highest BCUT2D eigenvalue weighted by atomic mass is 16.1. The zero-order chi connectivity index (χ0) is 15.8. The lowest BCUT2D eigenvalue weighted by atomic mass is 9.97. The molecule has 4 heteroatoms. The highest BCUT2D eigenvalue weighted by Crippen LogP contribution is 2.24. The van der Waals surface area contributed by atoms with Gasteiger partial charge < -0.3 is 10.3 Å². The Balaban J connectivity index is 1.69. The average Bonchev–Trinajstić information content (AvgIpc) is 2.56. The molecule has 0 spiro atoms. The molecule has 0 atom stereocenters. The second-order valence-electron chi connectivity index (χ2n) is 5.93. The highest BCUT2D eigenvalue weighted by Gasteiger charge is 2.15. The predicted molar refractivity (Wildman–Crippen MR) is 90.8 cm³/mol. The molecule has 4 nitrogen and oxygen atoms in total. The van der Waals surface area contributed by atoms with Gasteiger partial charge in [-0.15, -0.1) is 0 Å². The molecule has 3 aromatic rings. The van der Waals surface area contributed by atoms with Crippen molar-refractivity contribution >= 4 is 22.5 Å². The molecule has 1 aliphatic heterocycles. The van der Waals surface area contributed by atoms with Crippen molar-refractivity contribution in [1.29, 1.82) is 0 Å². The molecule has 1 aliphatic rings. The van der Waals surface area contributed by atoms with Gasteiger partial charge in [0.1, 0.15) is 0 Å². The predicted octanol–water partition coefficient (Wildman–Crippen LogP) is 3.00. The number of aryl methyl sites for hydroxylation is 1. The van der Waals surface area contributed by atoms with Gasteiger partial charge in [-0.2, -0.15) is 0 Å². The van der Waals surface area contributed by atoms with E-state index in [0.29, 0.717) is 12.8 Å². The summed E-state index contributed by atoms with van der Waals surface area (Å²) in [5.41, 5.74) is 4.67. The van der Waals surface area contributed by atoms with Crippen molar-refractivity contribution in [1.82, 2.24) is 4.98 Å². The molecule has 2 aromatic carbocycles. The number of rotatable bonds is 2. The van der Waals surface area contributed by atoms with Crippen LogP contribution in [0, 0.1) is 0 Å². The van der Waals surface area contributed by atoms with Gasteiger partial charge in [-0.3, -0.25) is 9.59 Å². The smallest absolute Gasteiger partial charge is 0.251 e. The van der Waals surface area contributed by atoms with Crippen LogP contribution >= 0.6 is 0 Å². The lowest BCUT2D eigenvalue weighted by Crippen LogP contribution is -2.19. The molecule has 0 fully saturated rings. The van der Waals surface area contributed by atoms with E-state index in [9.17, 15) is 9.59 Å². The lowest BCUT2D eigenvalue weighted by molar-refractivity contribution is -0.116. The Hall–Kier alpha value is -2.88. The van der Waals surface area contributed by atoms with Crippen molar-refractivity contribution in [2.75, 3.05) is 5.32 Å². The normalized spacial score (nSPS) is 13.7. The average molecular weight is 304 g/mol. The lowest BCUT2D eigenvalue weighted by Gasteiger charge is -2.17. The number of H-pyrrole nitrogens is 1. The Labute approximate surface area is 133 Å². The molecule has 0 aliphatic carbocycles. The third-order valence-corrected chi connectivity index (χ3v) is 4.29. The second-order valence-corrected chi connectivity index (χ2v) is 5.93. The van der Waals surface area contributed by atoms with Crippen LogP contribution < -0.4 is 10.9 Å². The summed E-state index contributed by atoms with van der Waals surface area (Å²) < 4.78 is 0. The van der Waals surface area contributed by atoms with E-state index in [-0.39, 0.29) is 11.5 Å². The standard InChI is InChI=1S/C19H16N2O2/c22-18-8-6-14-9-12(5-7-17(14)20-18)10-15-11-13-3-1-2-4-16(13)21-19(15)23/h1-5,7,9,11H,6,8,10H2,(H,20,22)(H,21,23). The maximum atomic E-state index is 12.3. The van der Waals surface area contributed by atoms with Crippen LogP contribution in [0.15, 0.2) is 53.3 Å². The van der Waals surface area contributed by atoms with E-state index in [2.05, 4.69) is 16.4 Å². The van der Waals surface area contributed by atoms with Crippen LogP contribution in [-0.4, -0.2) is 10.9 Å². The van der Waals surface area contributed by atoms with Gasteiger partial charge >= 0.3 is 0 Å². The van der Waals surface area contributed by atoms with E-state index >= 15 is 0 Å². The number of nitrogens with one attached hydrogen (secondary N) is 2. The zero-order valence-electron chi connectivity index (χ0n) is 12.6. The number of carbonyl (C=O) groups excluding carboxylic acids is 1. The number of hydrogen-bond acceptors (Lipinski definition) is 2. The van der Waals surface area contributed by atoms with Crippen molar-refractivity contribution in [3.05, 3.63) is 75.6 Å². The minimum absolute atomic E-state index is 0.0466. The van der Waals surface area contributed by atoms with Crippen molar-refractivity contribution in [2.24, 2.45) is 0 Å². The molecule has 114 valence electrons. The Bertz CT molecular complexity index is 973. The monoisotopic (exact) mass is 304 g/mol. The van der Waals surface area contributed by atoms with Gasteiger partial charge in [0, 0.05) is 29.6 Å². The summed E-state index contributed by atoms with van der Waals surface area (Å²) in [7, 11) is 0. The van der Waals surface area contributed by atoms with Gasteiger partial charge in [0.2, 0.25) is 5.91 Å². The Morgan fingerprint density at radius 3 is 2.74 bits per heavy atom. The fourth-order valence-electron chi connectivity index (χ4n) is 3.09. The summed E-state index contributed by atoms with van der Waals surface area (Å²) in [5.74, 6) is 0.0659. The molecule has 2 N–H and O–H groups in total. The van der Waals surface area contributed by atoms with Crippen LogP contribution in [0.3, 0.4) is 0 Å². The van der Waals surface area contributed by atoms with Gasteiger partial charge in [-0.1, -0.05) is 30.3 Å². The van der Waals surface area contributed by atoms with Crippen molar-refractivity contribution in [3.63, 3.8) is 0 Å². The van der Waals surface area contributed by atoms with Gasteiger partial charge in [-0.05, 0) is 41.1 Å². The molecule has 4 rings (SSSR count). The van der Waals surface area contributed by atoms with Crippen LogP contribution in [0.4, 0.5) is 5.69 Å². The molecular formula is C19H16N2O2. The first-order valence-corrected chi connectivity index (χ1v) is 7.72. The number of fused-ring (bicyclic) bond motifs is 2. The molecule has 0 saturated carbocycles. The SMILES string of the molecule is O=C1CCc2cc(Cc3cc4ccccc4[nH]c3=O)ccc2N1. The molecule has 0 saturated heterocycles. The number of para-hydroxylation sites is 1. The van der Waals surface area contributed by atoms with Crippen LogP contribution in [-0.2, 0) is 17.6 Å². The van der Waals surface area contributed by atoms with E-state index in [4.69, 9.17) is 0 Å². The maximum absolute atomic E-state index is 12.3. The van der Waals surface area contributed by atoms with Gasteiger partial charge in [0.15, 0.2) is 0 Å². The molecule has 0 bridgehead atoms. The number of pyridine rings is 1. The maximum Gasteiger partial charge on any atom is 0.251 e. The summed E-state index contributed by atoms with van der Waals surface area (Å²) in [5, 5.41) is 3.91. The van der Waals surface area contributed by atoms with Crippen molar-refractivity contribution in [2.45, 2.75) is 19.3 Å². The van der Waals surface area contributed by atoms with Gasteiger partial charge in [0.05, 0.1) is 0 Å². The number of amides is 1. The van der Waals surface area contributed by atoms with Crippen molar-refractivity contribution < 1.29 is 4.79 Å². The fraction of sp³-hybridized carbons (Fsp3) is 0.158. The minimum Gasteiger partial charge on any atom is -0.326 e. The summed E-state index contributed by atoms with van der Waals surface area (Å²) in [4.78, 5) is 26.6. The molecule has 1 aromatic heterocycles. The summed E-state index contributed by atoms with van der Waals surface area (Å²) in [6, 6.07) is 15.7.